The van der Waals surface area contributed by atoms with Gasteiger partial charge in [-0.05, 0) is 42.0 Å². The minimum absolute atomic E-state index is 0.0321. The predicted molar refractivity (Wildman–Crippen MR) is 100 cm³/mol. The largest absolute Gasteiger partial charge is 0.508 e. The first-order chi connectivity index (χ1) is 14.3. The Labute approximate surface area is 171 Å². The van der Waals surface area contributed by atoms with Crippen molar-refractivity contribution in [1.82, 2.24) is 4.90 Å². The molecule has 2 aromatic carbocycles. The second kappa shape index (κ2) is 7.43. The third-order valence-corrected chi connectivity index (χ3v) is 5.16. The fourth-order valence-corrected chi connectivity index (χ4v) is 3.67. The molecule has 2 aliphatic heterocycles. The highest BCUT2D eigenvalue weighted by Gasteiger charge is 2.60. The van der Waals surface area contributed by atoms with Crippen LogP contribution in [-0.2, 0) is 36.1 Å². The lowest BCUT2D eigenvalue weighted by molar-refractivity contribution is -0.219. The van der Waals surface area contributed by atoms with Crippen LogP contribution in [0.3, 0.4) is 0 Å². The first-order valence-corrected chi connectivity index (χ1v) is 9.17. The van der Waals surface area contributed by atoms with Crippen LogP contribution in [0, 0.1) is 0 Å². The monoisotopic (exact) mass is 413 g/mol. The number of aromatic hydroxyl groups is 1. The van der Waals surface area contributed by atoms with Crippen molar-refractivity contribution in [3.63, 3.8) is 0 Å². The number of ether oxygens (including phenoxy) is 3. The van der Waals surface area contributed by atoms with E-state index >= 15 is 0 Å². The Hall–Kier alpha value is -3.43. The van der Waals surface area contributed by atoms with Gasteiger partial charge in [-0.1, -0.05) is 12.1 Å². The Morgan fingerprint density at radius 1 is 1.13 bits per heavy atom. The van der Waals surface area contributed by atoms with Crippen LogP contribution < -0.4 is 0 Å². The molecular formula is C21H19NO8. The summed E-state index contributed by atoms with van der Waals surface area (Å²) in [6.07, 6.45) is -2.74. The molecule has 2 aliphatic rings. The standard InChI is InChI=1S/C21H19NO8/c1-28-20(27)13-4-2-12(3-5-13)10-22-11-21(14-6-8-15(23)9-7-14)29-16(18(22)24)17(30-21)19(25)26/h2-9,16-17,23H,10-11H2,1H3,(H,25,26). The van der Waals surface area contributed by atoms with Crippen molar-refractivity contribution >= 4 is 17.8 Å². The summed E-state index contributed by atoms with van der Waals surface area (Å²) in [5.74, 6) is -3.68. The van der Waals surface area contributed by atoms with E-state index in [9.17, 15) is 24.6 Å². The first kappa shape index (κ1) is 19.9. The lowest BCUT2D eigenvalue weighted by Gasteiger charge is -2.38. The number of morpholine rings is 1. The molecule has 0 spiro atoms. The average molecular weight is 413 g/mol. The highest BCUT2D eigenvalue weighted by atomic mass is 16.8. The first-order valence-electron chi connectivity index (χ1n) is 9.17. The Morgan fingerprint density at radius 2 is 1.80 bits per heavy atom. The molecular weight excluding hydrogens is 394 g/mol. The van der Waals surface area contributed by atoms with Crippen molar-refractivity contribution < 1.29 is 38.8 Å². The van der Waals surface area contributed by atoms with Gasteiger partial charge in [0.25, 0.3) is 5.91 Å². The van der Waals surface area contributed by atoms with Crippen LogP contribution in [0.4, 0.5) is 0 Å². The van der Waals surface area contributed by atoms with Gasteiger partial charge in [0, 0.05) is 12.1 Å². The molecule has 9 heteroatoms. The van der Waals surface area contributed by atoms with Crippen molar-refractivity contribution in [3.8, 4) is 5.75 Å². The molecule has 30 heavy (non-hydrogen) atoms. The van der Waals surface area contributed by atoms with Gasteiger partial charge >= 0.3 is 11.9 Å². The van der Waals surface area contributed by atoms with Crippen molar-refractivity contribution in [2.45, 2.75) is 24.5 Å². The highest BCUT2D eigenvalue weighted by Crippen LogP contribution is 2.43. The van der Waals surface area contributed by atoms with Gasteiger partial charge in [0.15, 0.2) is 12.2 Å². The SMILES string of the molecule is COC(=O)c1ccc(CN2CC3(c4ccc(O)cc4)OC(C(=O)O)C(O3)C2=O)cc1. The van der Waals surface area contributed by atoms with Gasteiger partial charge in [-0.25, -0.2) is 9.59 Å². The zero-order chi connectivity index (χ0) is 21.5. The predicted octanol–water partition coefficient (Wildman–Crippen LogP) is 1.24. The molecule has 0 radical (unpaired) electrons. The number of hydrogen-bond acceptors (Lipinski definition) is 7. The van der Waals surface area contributed by atoms with Crippen LogP contribution in [0.2, 0.25) is 0 Å². The number of hydrogen-bond donors (Lipinski definition) is 2. The molecule has 2 N–H and O–H groups in total. The normalized spacial score (nSPS) is 25.2. The Morgan fingerprint density at radius 3 is 2.40 bits per heavy atom. The molecule has 1 amide bonds. The van der Waals surface area contributed by atoms with Crippen molar-refractivity contribution in [2.24, 2.45) is 0 Å². The summed E-state index contributed by atoms with van der Waals surface area (Å²) in [6, 6.07) is 12.6. The van der Waals surface area contributed by atoms with Crippen LogP contribution >= 0.6 is 0 Å². The van der Waals surface area contributed by atoms with E-state index in [2.05, 4.69) is 4.74 Å². The van der Waals surface area contributed by atoms with Crippen LogP contribution in [0.5, 0.6) is 5.75 Å². The fourth-order valence-electron chi connectivity index (χ4n) is 3.67. The number of carboxylic acids is 1. The maximum absolute atomic E-state index is 12.9. The van der Waals surface area contributed by atoms with E-state index in [-0.39, 0.29) is 18.8 Å². The topological polar surface area (TPSA) is 123 Å². The number of esters is 1. The molecule has 0 aliphatic carbocycles. The van der Waals surface area contributed by atoms with E-state index in [1.807, 2.05) is 0 Å². The number of rotatable bonds is 5. The molecule has 0 aromatic heterocycles. The number of amides is 1. The Balaban J connectivity index is 1.63. The van der Waals surface area contributed by atoms with E-state index in [0.29, 0.717) is 11.1 Å². The van der Waals surface area contributed by atoms with Crippen LogP contribution in [0.25, 0.3) is 0 Å². The van der Waals surface area contributed by atoms with E-state index in [0.717, 1.165) is 5.56 Å². The Kier molecular flexibility index (Phi) is 4.92. The smallest absolute Gasteiger partial charge is 0.337 e. The summed E-state index contributed by atoms with van der Waals surface area (Å²) in [5, 5.41) is 19.1. The number of methoxy groups -OCH3 is 1. The molecule has 2 bridgehead atoms. The summed E-state index contributed by atoms with van der Waals surface area (Å²) in [5.41, 5.74) is 1.61. The summed E-state index contributed by atoms with van der Waals surface area (Å²) >= 11 is 0. The number of carboxylic acid groups (broad SMARTS) is 1. The highest BCUT2D eigenvalue weighted by molar-refractivity contribution is 5.90. The van der Waals surface area contributed by atoms with E-state index in [4.69, 9.17) is 9.47 Å². The number of aliphatic carboxylic acids is 1. The van der Waals surface area contributed by atoms with E-state index in [1.54, 1.807) is 36.4 Å². The summed E-state index contributed by atoms with van der Waals surface area (Å²) in [4.78, 5) is 37.6. The van der Waals surface area contributed by atoms with Crippen molar-refractivity contribution in [2.75, 3.05) is 13.7 Å². The molecule has 2 heterocycles. The van der Waals surface area contributed by atoms with Gasteiger partial charge < -0.3 is 29.3 Å². The molecule has 9 nitrogen and oxygen atoms in total. The number of phenols is 1. The van der Waals surface area contributed by atoms with Gasteiger partial charge in [0.05, 0.1) is 19.2 Å². The maximum atomic E-state index is 12.9. The second-order valence-electron chi connectivity index (χ2n) is 7.10. The van der Waals surface area contributed by atoms with E-state index in [1.165, 1.54) is 24.1 Å². The lowest BCUT2D eigenvalue weighted by Crippen LogP contribution is -2.53. The third-order valence-electron chi connectivity index (χ3n) is 5.16. The molecule has 2 saturated heterocycles. The van der Waals surface area contributed by atoms with Crippen LogP contribution in [0.1, 0.15) is 21.5 Å². The minimum Gasteiger partial charge on any atom is -0.508 e. The zero-order valence-corrected chi connectivity index (χ0v) is 16.0. The molecule has 2 fully saturated rings. The van der Waals surface area contributed by atoms with Gasteiger partial charge in [0.1, 0.15) is 5.75 Å². The number of carbonyl (C=O) groups excluding carboxylic acids is 2. The molecule has 0 saturated carbocycles. The summed E-state index contributed by atoms with van der Waals surface area (Å²) < 4.78 is 16.2. The minimum atomic E-state index is -1.46. The van der Waals surface area contributed by atoms with Crippen molar-refractivity contribution in [1.29, 1.82) is 0 Å². The zero-order valence-electron chi connectivity index (χ0n) is 16.0. The Bertz CT molecular complexity index is 987. The van der Waals surface area contributed by atoms with E-state index < -0.39 is 35.8 Å². The molecule has 156 valence electrons. The van der Waals surface area contributed by atoms with Gasteiger partial charge in [-0.15, -0.1) is 0 Å². The molecule has 2 aromatic rings. The average Bonchev–Trinajstić information content (AvgIpc) is 3.09. The van der Waals surface area contributed by atoms with Gasteiger partial charge in [0.2, 0.25) is 5.79 Å². The quantitative estimate of drug-likeness (QED) is 0.702. The number of nitrogens with zero attached hydrogens (tertiary/aromatic N) is 1. The summed E-state index contributed by atoms with van der Waals surface area (Å²) in [7, 11) is 1.29. The van der Waals surface area contributed by atoms with Gasteiger partial charge in [-0.3, -0.25) is 4.79 Å². The van der Waals surface area contributed by atoms with Crippen LogP contribution in [-0.4, -0.2) is 58.8 Å². The van der Waals surface area contributed by atoms with Crippen molar-refractivity contribution in [3.05, 3.63) is 65.2 Å². The number of benzene rings is 2. The lowest BCUT2D eigenvalue weighted by atomic mass is 10.0. The molecule has 3 unspecified atom stereocenters. The fraction of sp³-hybridized carbons (Fsp3) is 0.286. The van der Waals surface area contributed by atoms with Crippen LogP contribution in [0.15, 0.2) is 48.5 Å². The van der Waals surface area contributed by atoms with Gasteiger partial charge in [-0.2, -0.15) is 0 Å². The second-order valence-corrected chi connectivity index (χ2v) is 7.10. The third kappa shape index (κ3) is 3.38. The maximum Gasteiger partial charge on any atom is 0.337 e. The number of phenolic OH excluding ortho intramolecular Hbond substituents is 1. The summed E-state index contributed by atoms with van der Waals surface area (Å²) in [6.45, 7) is 0.144. The molecule has 3 atom stereocenters. The number of carbonyl (C=O) groups is 3. The molecule has 4 rings (SSSR count). The number of fused-ring (bicyclic) bond motifs is 2.